The molecule has 0 fully saturated rings. The number of carbonyl (C=O) groups excluding carboxylic acids is 3. The minimum Gasteiger partial charge on any atom is -0.444 e. The Morgan fingerprint density at radius 2 is 1.41 bits per heavy atom. The second kappa shape index (κ2) is 11.2. The largest absolute Gasteiger partial charge is 0.444 e. The average molecular weight is 468 g/mol. The molecule has 184 valence electrons. The SMILES string of the molecule is CC(NC(=O)OC(C)(C)C)C(=O)N(C(C(=O)NCc1ccccc1)c1ccccc1)C(C)(C)C. The third kappa shape index (κ3) is 7.90. The fourth-order valence-electron chi connectivity index (χ4n) is 3.53. The van der Waals surface area contributed by atoms with Crippen LogP contribution in [0.15, 0.2) is 60.7 Å². The lowest BCUT2D eigenvalue weighted by atomic mass is 9.95. The van der Waals surface area contributed by atoms with Gasteiger partial charge in [-0.25, -0.2) is 4.79 Å². The first-order valence-electron chi connectivity index (χ1n) is 11.5. The van der Waals surface area contributed by atoms with E-state index >= 15 is 0 Å². The normalized spacial score (nSPS) is 13.4. The van der Waals surface area contributed by atoms with E-state index in [2.05, 4.69) is 10.6 Å². The zero-order valence-electron chi connectivity index (χ0n) is 21.2. The zero-order valence-corrected chi connectivity index (χ0v) is 21.2. The summed E-state index contributed by atoms with van der Waals surface area (Å²) in [5, 5.41) is 5.58. The molecule has 0 aliphatic heterocycles. The van der Waals surface area contributed by atoms with E-state index in [1.807, 2.05) is 81.4 Å². The Labute approximate surface area is 202 Å². The van der Waals surface area contributed by atoms with Gasteiger partial charge in [-0.15, -0.1) is 0 Å². The van der Waals surface area contributed by atoms with E-state index in [0.29, 0.717) is 12.1 Å². The number of nitrogens with one attached hydrogen (secondary N) is 2. The van der Waals surface area contributed by atoms with Gasteiger partial charge in [-0.3, -0.25) is 9.59 Å². The first kappa shape index (κ1) is 26.9. The minimum atomic E-state index is -0.901. The number of hydrogen-bond donors (Lipinski definition) is 2. The summed E-state index contributed by atoms with van der Waals surface area (Å²) in [4.78, 5) is 41.0. The van der Waals surface area contributed by atoms with Gasteiger partial charge in [-0.1, -0.05) is 60.7 Å². The summed E-state index contributed by atoms with van der Waals surface area (Å²) >= 11 is 0. The van der Waals surface area contributed by atoms with Crippen LogP contribution in [0, 0.1) is 0 Å². The second-order valence-electron chi connectivity index (χ2n) is 10.3. The third-order valence-corrected chi connectivity index (χ3v) is 5.00. The van der Waals surface area contributed by atoms with Crippen LogP contribution < -0.4 is 10.6 Å². The van der Waals surface area contributed by atoms with Crippen LogP contribution in [0.3, 0.4) is 0 Å². The first-order valence-corrected chi connectivity index (χ1v) is 11.5. The molecule has 2 aromatic rings. The molecular formula is C27H37N3O4. The lowest BCUT2D eigenvalue weighted by Crippen LogP contribution is -2.57. The molecular weight excluding hydrogens is 430 g/mol. The van der Waals surface area contributed by atoms with Crippen molar-refractivity contribution in [3.63, 3.8) is 0 Å². The highest BCUT2D eigenvalue weighted by Crippen LogP contribution is 2.30. The molecule has 0 aromatic heterocycles. The number of rotatable bonds is 7. The molecule has 2 unspecified atom stereocenters. The van der Waals surface area contributed by atoms with Crippen molar-refractivity contribution in [2.24, 2.45) is 0 Å². The number of ether oxygens (including phenoxy) is 1. The van der Waals surface area contributed by atoms with Crippen LogP contribution in [-0.4, -0.2) is 40.0 Å². The van der Waals surface area contributed by atoms with Gasteiger partial charge < -0.3 is 20.3 Å². The zero-order chi connectivity index (χ0) is 25.5. The summed E-state index contributed by atoms with van der Waals surface area (Å²) < 4.78 is 5.30. The maximum atomic E-state index is 13.7. The molecule has 0 radical (unpaired) electrons. The first-order chi connectivity index (χ1) is 15.8. The maximum Gasteiger partial charge on any atom is 0.408 e. The van der Waals surface area contributed by atoms with Crippen molar-refractivity contribution in [3.8, 4) is 0 Å². The molecule has 0 saturated heterocycles. The van der Waals surface area contributed by atoms with Crippen LogP contribution in [-0.2, 0) is 20.9 Å². The van der Waals surface area contributed by atoms with E-state index in [-0.39, 0.29) is 11.8 Å². The molecule has 2 rings (SSSR count). The van der Waals surface area contributed by atoms with Crippen molar-refractivity contribution >= 4 is 17.9 Å². The van der Waals surface area contributed by atoms with Crippen molar-refractivity contribution < 1.29 is 19.1 Å². The standard InChI is InChI=1S/C27H37N3O4/c1-19(29-25(33)34-27(5,6)7)24(32)30(26(2,3)4)22(21-16-12-9-13-17-21)23(31)28-18-20-14-10-8-11-15-20/h8-17,19,22H,18H2,1-7H3,(H,28,31)(H,29,33). The molecule has 0 bridgehead atoms. The van der Waals surface area contributed by atoms with Crippen LogP contribution in [0.25, 0.3) is 0 Å². The molecule has 0 aliphatic rings. The van der Waals surface area contributed by atoms with Crippen molar-refractivity contribution in [1.29, 1.82) is 0 Å². The number of hydrogen-bond acceptors (Lipinski definition) is 4. The smallest absolute Gasteiger partial charge is 0.408 e. The Bertz CT molecular complexity index is 963. The topological polar surface area (TPSA) is 87.7 Å². The lowest BCUT2D eigenvalue weighted by Gasteiger charge is -2.42. The molecule has 0 heterocycles. The third-order valence-electron chi connectivity index (χ3n) is 5.00. The van der Waals surface area contributed by atoms with Crippen molar-refractivity contribution in [3.05, 3.63) is 71.8 Å². The van der Waals surface area contributed by atoms with E-state index < -0.39 is 29.3 Å². The molecule has 34 heavy (non-hydrogen) atoms. The Kier molecular flexibility index (Phi) is 8.85. The van der Waals surface area contributed by atoms with Gasteiger partial charge in [0.05, 0.1) is 0 Å². The molecule has 7 nitrogen and oxygen atoms in total. The summed E-state index contributed by atoms with van der Waals surface area (Å²) in [6.45, 7) is 12.8. The summed E-state index contributed by atoms with van der Waals surface area (Å²) in [5.41, 5.74) is 0.225. The monoisotopic (exact) mass is 467 g/mol. The van der Waals surface area contributed by atoms with E-state index in [1.165, 1.54) is 4.90 Å². The predicted molar refractivity (Wildman–Crippen MR) is 133 cm³/mol. The van der Waals surface area contributed by atoms with Crippen LogP contribution in [0.1, 0.15) is 65.6 Å². The van der Waals surface area contributed by atoms with Crippen LogP contribution in [0.2, 0.25) is 0 Å². The number of benzene rings is 2. The number of carbonyl (C=O) groups is 3. The predicted octanol–water partition coefficient (Wildman–Crippen LogP) is 4.58. The van der Waals surface area contributed by atoms with E-state index in [0.717, 1.165) is 5.56 Å². The number of nitrogens with zero attached hydrogens (tertiary/aromatic N) is 1. The van der Waals surface area contributed by atoms with Gasteiger partial charge >= 0.3 is 6.09 Å². The Hall–Kier alpha value is -3.35. The Balaban J connectivity index is 2.35. The summed E-state index contributed by atoms with van der Waals surface area (Å²) in [5.74, 6) is -0.690. The minimum absolute atomic E-state index is 0.303. The van der Waals surface area contributed by atoms with Crippen LogP contribution >= 0.6 is 0 Å². The van der Waals surface area contributed by atoms with E-state index in [9.17, 15) is 14.4 Å². The van der Waals surface area contributed by atoms with Crippen LogP contribution in [0.4, 0.5) is 4.79 Å². The quantitative estimate of drug-likeness (QED) is 0.624. The summed E-state index contributed by atoms with van der Waals surface area (Å²) in [7, 11) is 0. The highest BCUT2D eigenvalue weighted by molar-refractivity contribution is 5.92. The Morgan fingerprint density at radius 3 is 1.91 bits per heavy atom. The molecule has 2 atom stereocenters. The summed E-state index contributed by atoms with van der Waals surface area (Å²) in [6.07, 6.45) is -0.688. The van der Waals surface area contributed by atoms with E-state index in [1.54, 1.807) is 27.7 Å². The molecule has 7 heteroatoms. The van der Waals surface area contributed by atoms with Gasteiger partial charge in [0.1, 0.15) is 17.7 Å². The molecule has 3 amide bonds. The van der Waals surface area contributed by atoms with Gasteiger partial charge in [0.2, 0.25) is 11.8 Å². The molecule has 0 aliphatic carbocycles. The summed E-state index contributed by atoms with van der Waals surface area (Å²) in [6, 6.07) is 17.0. The second-order valence-corrected chi connectivity index (χ2v) is 10.3. The van der Waals surface area contributed by atoms with Gasteiger partial charge in [-0.05, 0) is 59.6 Å². The molecule has 2 N–H and O–H groups in total. The van der Waals surface area contributed by atoms with Gasteiger partial charge in [-0.2, -0.15) is 0 Å². The highest BCUT2D eigenvalue weighted by atomic mass is 16.6. The fraction of sp³-hybridized carbons (Fsp3) is 0.444. The molecule has 0 spiro atoms. The lowest BCUT2D eigenvalue weighted by molar-refractivity contribution is -0.148. The van der Waals surface area contributed by atoms with Crippen molar-refractivity contribution in [2.45, 2.75) is 78.2 Å². The van der Waals surface area contributed by atoms with E-state index in [4.69, 9.17) is 4.74 Å². The van der Waals surface area contributed by atoms with Crippen LogP contribution in [0.5, 0.6) is 0 Å². The maximum absolute atomic E-state index is 13.7. The Morgan fingerprint density at radius 1 is 0.882 bits per heavy atom. The average Bonchev–Trinajstić information content (AvgIpc) is 2.74. The highest BCUT2D eigenvalue weighted by Gasteiger charge is 2.40. The molecule has 0 saturated carbocycles. The van der Waals surface area contributed by atoms with Gasteiger partial charge in [0, 0.05) is 12.1 Å². The fourth-order valence-corrected chi connectivity index (χ4v) is 3.53. The number of alkyl carbamates (subject to hydrolysis) is 1. The van der Waals surface area contributed by atoms with Gasteiger partial charge in [0.15, 0.2) is 0 Å². The molecule has 2 aromatic carbocycles. The number of amides is 3. The van der Waals surface area contributed by atoms with Gasteiger partial charge in [0.25, 0.3) is 0 Å². The van der Waals surface area contributed by atoms with Crippen molar-refractivity contribution in [2.75, 3.05) is 0 Å². The van der Waals surface area contributed by atoms with Crippen molar-refractivity contribution in [1.82, 2.24) is 15.5 Å².